The molecule has 86 valence electrons. The lowest BCUT2D eigenvalue weighted by atomic mass is 9.96. The summed E-state index contributed by atoms with van der Waals surface area (Å²) in [4.78, 5) is 23.4. The minimum absolute atomic E-state index is 0.0823. The monoisotopic (exact) mass is 233 g/mol. The minimum atomic E-state index is -0.981. The number of hydrogen-bond donors (Lipinski definition) is 1. The Labute approximate surface area is 92.8 Å². The van der Waals surface area contributed by atoms with Crippen LogP contribution in [0.15, 0.2) is 0 Å². The highest BCUT2D eigenvalue weighted by Gasteiger charge is 2.42. The number of carboxylic acids is 1. The number of ether oxygens (including phenoxy) is 1. The van der Waals surface area contributed by atoms with Gasteiger partial charge in [0, 0.05) is 0 Å². The summed E-state index contributed by atoms with van der Waals surface area (Å²) in [6, 6.07) is 0. The van der Waals surface area contributed by atoms with E-state index in [-0.39, 0.29) is 12.5 Å². The molecule has 0 atom stereocenters. The van der Waals surface area contributed by atoms with Crippen LogP contribution in [0.25, 0.3) is 0 Å². The molecule has 1 aliphatic heterocycles. The van der Waals surface area contributed by atoms with Crippen molar-refractivity contribution >= 4 is 23.6 Å². The third kappa shape index (κ3) is 3.39. The van der Waals surface area contributed by atoms with E-state index >= 15 is 0 Å². The van der Waals surface area contributed by atoms with Gasteiger partial charge in [0.2, 0.25) is 5.91 Å². The van der Waals surface area contributed by atoms with Gasteiger partial charge in [0.05, 0.1) is 18.8 Å². The first-order valence-electron chi connectivity index (χ1n) is 4.59. The van der Waals surface area contributed by atoms with Crippen LogP contribution in [0, 0.1) is 0 Å². The fourth-order valence-corrected chi connectivity index (χ4v) is 1.91. The molecule has 0 aromatic rings. The average molecular weight is 233 g/mol. The summed E-state index contributed by atoms with van der Waals surface area (Å²) in [5.74, 6) is -0.432. The van der Waals surface area contributed by atoms with Crippen molar-refractivity contribution in [2.45, 2.75) is 12.5 Å². The van der Waals surface area contributed by atoms with Gasteiger partial charge in [-0.05, 0) is 13.2 Å². The standard InChI is InChI=1S/C9H15NO4S/c1-9(14-3-8(12)13)5-10(6-9)7(11)4-15-2/h3-6H2,1-2H3,(H,12,13). The van der Waals surface area contributed by atoms with Crippen LogP contribution in [-0.2, 0) is 14.3 Å². The third-order valence-electron chi connectivity index (χ3n) is 2.22. The van der Waals surface area contributed by atoms with Crippen molar-refractivity contribution in [3.05, 3.63) is 0 Å². The van der Waals surface area contributed by atoms with Crippen LogP contribution in [0.1, 0.15) is 6.92 Å². The summed E-state index contributed by atoms with van der Waals surface area (Å²) >= 11 is 1.48. The van der Waals surface area contributed by atoms with Crippen molar-refractivity contribution < 1.29 is 19.4 Å². The second-order valence-corrected chi connectivity index (χ2v) is 4.68. The van der Waals surface area contributed by atoms with Gasteiger partial charge >= 0.3 is 5.97 Å². The van der Waals surface area contributed by atoms with Gasteiger partial charge in [-0.1, -0.05) is 0 Å². The van der Waals surface area contributed by atoms with E-state index in [1.54, 1.807) is 4.90 Å². The Morgan fingerprint density at radius 3 is 2.60 bits per heavy atom. The van der Waals surface area contributed by atoms with Gasteiger partial charge in [0.25, 0.3) is 0 Å². The Hall–Kier alpha value is -0.750. The normalized spacial score (nSPS) is 18.4. The number of carbonyl (C=O) groups excluding carboxylic acids is 1. The first kappa shape index (κ1) is 12.3. The molecular weight excluding hydrogens is 218 g/mol. The zero-order chi connectivity index (χ0) is 11.5. The molecule has 1 fully saturated rings. The fourth-order valence-electron chi connectivity index (χ4n) is 1.48. The van der Waals surface area contributed by atoms with Crippen molar-refractivity contribution in [3.8, 4) is 0 Å². The van der Waals surface area contributed by atoms with E-state index in [9.17, 15) is 9.59 Å². The average Bonchev–Trinajstić information content (AvgIpc) is 2.10. The smallest absolute Gasteiger partial charge is 0.329 e. The Balaban J connectivity index is 2.28. The molecule has 1 rings (SSSR count). The maximum absolute atomic E-state index is 11.4. The van der Waals surface area contributed by atoms with Crippen LogP contribution in [0.4, 0.5) is 0 Å². The van der Waals surface area contributed by atoms with Crippen LogP contribution < -0.4 is 0 Å². The number of nitrogens with zero attached hydrogens (tertiary/aromatic N) is 1. The van der Waals surface area contributed by atoms with Gasteiger partial charge in [0.15, 0.2) is 0 Å². The van der Waals surface area contributed by atoms with Crippen LogP contribution >= 0.6 is 11.8 Å². The van der Waals surface area contributed by atoms with Crippen LogP contribution in [0.3, 0.4) is 0 Å². The first-order valence-corrected chi connectivity index (χ1v) is 5.99. The molecule has 1 aliphatic rings. The number of aliphatic carboxylic acids is 1. The molecule has 1 heterocycles. The predicted octanol–water partition coefficient (Wildman–Crippen LogP) is 0.0515. The summed E-state index contributed by atoms with van der Waals surface area (Å²) in [7, 11) is 0. The zero-order valence-corrected chi connectivity index (χ0v) is 9.67. The highest BCUT2D eigenvalue weighted by Crippen LogP contribution is 2.24. The van der Waals surface area contributed by atoms with E-state index in [4.69, 9.17) is 9.84 Å². The lowest BCUT2D eigenvalue weighted by molar-refractivity contribution is -0.171. The molecule has 1 amide bonds. The summed E-state index contributed by atoms with van der Waals surface area (Å²) in [6.07, 6.45) is 1.87. The molecule has 0 spiro atoms. The van der Waals surface area contributed by atoms with E-state index in [2.05, 4.69) is 0 Å². The SMILES string of the molecule is CSCC(=O)N1CC(C)(OCC(=O)O)C1. The molecule has 0 saturated carbocycles. The molecule has 0 unspecified atom stereocenters. The van der Waals surface area contributed by atoms with E-state index in [0.29, 0.717) is 18.8 Å². The fraction of sp³-hybridized carbons (Fsp3) is 0.778. The topological polar surface area (TPSA) is 66.8 Å². The second kappa shape index (κ2) is 4.85. The van der Waals surface area contributed by atoms with Gasteiger partial charge in [-0.25, -0.2) is 4.79 Å². The molecule has 0 aromatic heterocycles. The van der Waals surface area contributed by atoms with Gasteiger partial charge in [-0.15, -0.1) is 0 Å². The number of thioether (sulfide) groups is 1. The molecule has 1 N–H and O–H groups in total. The Bertz CT molecular complexity index is 263. The Kier molecular flexibility index (Phi) is 3.98. The van der Waals surface area contributed by atoms with Crippen molar-refractivity contribution in [2.24, 2.45) is 0 Å². The van der Waals surface area contributed by atoms with Gasteiger partial charge in [-0.3, -0.25) is 4.79 Å². The van der Waals surface area contributed by atoms with Crippen LogP contribution in [0.2, 0.25) is 0 Å². The number of carbonyl (C=O) groups is 2. The molecule has 0 aromatic carbocycles. The summed E-state index contributed by atoms with van der Waals surface area (Å²) in [5, 5.41) is 8.45. The lowest BCUT2D eigenvalue weighted by Crippen LogP contribution is -2.63. The van der Waals surface area contributed by atoms with E-state index < -0.39 is 11.6 Å². The number of likely N-dealkylation sites (tertiary alicyclic amines) is 1. The molecular formula is C9H15NO4S. The molecule has 15 heavy (non-hydrogen) atoms. The highest BCUT2D eigenvalue weighted by molar-refractivity contribution is 7.99. The molecule has 6 heteroatoms. The number of hydrogen-bond acceptors (Lipinski definition) is 4. The molecule has 0 bridgehead atoms. The van der Waals surface area contributed by atoms with Crippen molar-refractivity contribution in [1.82, 2.24) is 4.90 Å². The van der Waals surface area contributed by atoms with Crippen molar-refractivity contribution in [1.29, 1.82) is 0 Å². The van der Waals surface area contributed by atoms with Crippen molar-refractivity contribution in [2.75, 3.05) is 31.7 Å². The summed E-state index contributed by atoms with van der Waals surface area (Å²) < 4.78 is 5.19. The minimum Gasteiger partial charge on any atom is -0.480 e. The van der Waals surface area contributed by atoms with Gasteiger partial charge in [0.1, 0.15) is 12.2 Å². The first-order chi connectivity index (χ1) is 6.97. The second-order valence-electron chi connectivity index (χ2n) is 3.82. The van der Waals surface area contributed by atoms with E-state index in [1.807, 2.05) is 13.2 Å². The number of carboxylic acid groups (broad SMARTS) is 1. The van der Waals surface area contributed by atoms with Gasteiger partial charge < -0.3 is 14.7 Å². The Morgan fingerprint density at radius 2 is 2.13 bits per heavy atom. The van der Waals surface area contributed by atoms with Crippen LogP contribution in [-0.4, -0.2) is 59.2 Å². The predicted molar refractivity (Wildman–Crippen MR) is 57.0 cm³/mol. The summed E-state index contributed by atoms with van der Waals surface area (Å²) in [5.41, 5.74) is -0.480. The zero-order valence-electron chi connectivity index (χ0n) is 8.86. The lowest BCUT2D eigenvalue weighted by Gasteiger charge is -2.47. The van der Waals surface area contributed by atoms with E-state index in [0.717, 1.165) is 0 Å². The molecule has 5 nitrogen and oxygen atoms in total. The highest BCUT2D eigenvalue weighted by atomic mass is 32.2. The largest absolute Gasteiger partial charge is 0.480 e. The number of amides is 1. The maximum Gasteiger partial charge on any atom is 0.329 e. The molecule has 0 aliphatic carbocycles. The summed E-state index contributed by atoms with van der Waals surface area (Å²) in [6.45, 7) is 2.49. The van der Waals surface area contributed by atoms with Gasteiger partial charge in [-0.2, -0.15) is 11.8 Å². The third-order valence-corrected chi connectivity index (χ3v) is 2.75. The van der Waals surface area contributed by atoms with Crippen LogP contribution in [0.5, 0.6) is 0 Å². The van der Waals surface area contributed by atoms with E-state index in [1.165, 1.54) is 11.8 Å². The quantitative estimate of drug-likeness (QED) is 0.727. The number of rotatable bonds is 5. The maximum atomic E-state index is 11.4. The van der Waals surface area contributed by atoms with Crippen molar-refractivity contribution in [3.63, 3.8) is 0 Å². The Morgan fingerprint density at radius 1 is 1.53 bits per heavy atom. The molecule has 0 radical (unpaired) electrons. The molecule has 1 saturated heterocycles.